The van der Waals surface area contributed by atoms with Crippen molar-refractivity contribution in [2.24, 2.45) is 11.8 Å². The van der Waals surface area contributed by atoms with E-state index in [2.05, 4.69) is 41.4 Å². The average Bonchev–Trinajstić information content (AvgIpc) is 2.99. The Morgan fingerprint density at radius 2 is 2.05 bits per heavy atom. The summed E-state index contributed by atoms with van der Waals surface area (Å²) in [6.07, 6.45) is 0. The van der Waals surface area contributed by atoms with Gasteiger partial charge in [-0.1, -0.05) is 29.8 Å². The molecule has 2 aliphatic rings. The maximum absolute atomic E-state index is 12.2. The zero-order chi connectivity index (χ0) is 13.9. The zero-order valence-electron chi connectivity index (χ0n) is 12.4. The van der Waals surface area contributed by atoms with Gasteiger partial charge in [0.25, 0.3) is 0 Å². The number of benzene rings is 1. The number of aryl methyl sites for hydroxylation is 1. The van der Waals surface area contributed by atoms with Crippen LogP contribution in [0.2, 0.25) is 0 Å². The number of carbonyl (C=O) groups is 1. The normalized spacial score (nSPS) is 23.8. The van der Waals surface area contributed by atoms with Crippen molar-refractivity contribution in [1.29, 1.82) is 0 Å². The lowest BCUT2D eigenvalue weighted by atomic mass is 10.0. The Morgan fingerprint density at radius 1 is 1.33 bits per heavy atom. The fraction of sp³-hybridized carbons (Fsp3) is 0.562. The first-order chi connectivity index (χ1) is 9.72. The van der Waals surface area contributed by atoms with Crippen LogP contribution in [0.1, 0.15) is 11.1 Å². The van der Waals surface area contributed by atoms with Crippen LogP contribution in [0.3, 0.4) is 0 Å². The largest absolute Gasteiger partial charge is 0.341 e. The second-order valence-electron chi connectivity index (χ2n) is 5.96. The summed E-state index contributed by atoms with van der Waals surface area (Å²) < 4.78 is 0. The predicted molar refractivity (Wildman–Crippen MR) is 91.0 cm³/mol. The van der Waals surface area contributed by atoms with Gasteiger partial charge < -0.3 is 10.2 Å². The third-order valence-electron chi connectivity index (χ3n) is 4.32. The van der Waals surface area contributed by atoms with Crippen molar-refractivity contribution < 1.29 is 4.79 Å². The molecule has 3 rings (SSSR count). The predicted octanol–water partition coefficient (Wildman–Crippen LogP) is 2.33. The van der Waals surface area contributed by atoms with E-state index in [1.807, 2.05) is 0 Å². The van der Waals surface area contributed by atoms with Gasteiger partial charge in [0.2, 0.25) is 5.91 Å². The molecule has 5 heteroatoms. The van der Waals surface area contributed by atoms with Crippen LogP contribution in [-0.2, 0) is 10.5 Å². The highest BCUT2D eigenvalue weighted by molar-refractivity contribution is 7.99. The summed E-state index contributed by atoms with van der Waals surface area (Å²) in [5.41, 5.74) is 2.60. The van der Waals surface area contributed by atoms with Gasteiger partial charge in [-0.3, -0.25) is 4.79 Å². The standard InChI is InChI=1S/C16H22N2OS.ClH/c1-12-3-2-4-13(5-12)10-20-11-16(19)18-8-14-6-17-7-15(14)9-18;/h2-5,14-15,17H,6-11H2,1H3;1H/t14-,15+;. The number of carbonyl (C=O) groups excluding carboxylic acids is 1. The van der Waals surface area contributed by atoms with E-state index in [4.69, 9.17) is 0 Å². The van der Waals surface area contributed by atoms with Gasteiger partial charge in [-0.05, 0) is 24.3 Å². The number of nitrogens with one attached hydrogen (secondary N) is 1. The molecule has 0 radical (unpaired) electrons. The minimum atomic E-state index is 0. The van der Waals surface area contributed by atoms with Crippen LogP contribution in [0.4, 0.5) is 0 Å². The van der Waals surface area contributed by atoms with Crippen molar-refractivity contribution in [3.05, 3.63) is 35.4 Å². The third-order valence-corrected chi connectivity index (χ3v) is 5.31. The molecule has 1 amide bonds. The Labute approximate surface area is 137 Å². The number of likely N-dealkylation sites (tertiary alicyclic amines) is 1. The minimum absolute atomic E-state index is 0. The molecule has 2 heterocycles. The first-order valence-electron chi connectivity index (χ1n) is 7.34. The zero-order valence-corrected chi connectivity index (χ0v) is 14.0. The first-order valence-corrected chi connectivity index (χ1v) is 8.49. The van der Waals surface area contributed by atoms with Crippen molar-refractivity contribution >= 4 is 30.1 Å². The van der Waals surface area contributed by atoms with E-state index in [9.17, 15) is 4.79 Å². The van der Waals surface area contributed by atoms with Crippen LogP contribution in [0.25, 0.3) is 0 Å². The molecule has 0 spiro atoms. The van der Waals surface area contributed by atoms with Crippen molar-refractivity contribution in [2.75, 3.05) is 31.9 Å². The number of hydrogen-bond donors (Lipinski definition) is 1. The number of rotatable bonds is 4. The fourth-order valence-electron chi connectivity index (χ4n) is 3.21. The monoisotopic (exact) mass is 326 g/mol. The lowest BCUT2D eigenvalue weighted by Gasteiger charge is -2.17. The molecule has 0 aromatic heterocycles. The highest BCUT2D eigenvalue weighted by Crippen LogP contribution is 2.27. The summed E-state index contributed by atoms with van der Waals surface area (Å²) in [6.45, 7) is 6.20. The molecular weight excluding hydrogens is 304 g/mol. The highest BCUT2D eigenvalue weighted by atomic mass is 35.5. The maximum atomic E-state index is 12.2. The Bertz CT molecular complexity index is 485. The number of hydrogen-bond acceptors (Lipinski definition) is 3. The Kier molecular flexibility index (Phi) is 5.97. The van der Waals surface area contributed by atoms with Gasteiger partial charge in [-0.2, -0.15) is 0 Å². The average molecular weight is 327 g/mol. The van der Waals surface area contributed by atoms with Crippen molar-refractivity contribution in [3.8, 4) is 0 Å². The first kappa shape index (κ1) is 16.7. The minimum Gasteiger partial charge on any atom is -0.341 e. The highest BCUT2D eigenvalue weighted by Gasteiger charge is 2.37. The molecule has 2 aliphatic heterocycles. The van der Waals surface area contributed by atoms with Gasteiger partial charge in [-0.25, -0.2) is 0 Å². The van der Waals surface area contributed by atoms with E-state index in [1.54, 1.807) is 11.8 Å². The van der Waals surface area contributed by atoms with Gasteiger partial charge in [0.05, 0.1) is 5.75 Å². The van der Waals surface area contributed by atoms with E-state index in [0.29, 0.717) is 23.5 Å². The third kappa shape index (κ3) is 4.15. The summed E-state index contributed by atoms with van der Waals surface area (Å²) in [4.78, 5) is 14.3. The molecule has 116 valence electrons. The Morgan fingerprint density at radius 3 is 2.71 bits per heavy atom. The van der Waals surface area contributed by atoms with Crippen LogP contribution < -0.4 is 5.32 Å². The Balaban J connectivity index is 0.00000161. The smallest absolute Gasteiger partial charge is 0.232 e. The molecule has 0 aliphatic carbocycles. The number of halogens is 1. The molecule has 3 nitrogen and oxygen atoms in total. The number of amides is 1. The quantitative estimate of drug-likeness (QED) is 0.921. The molecule has 0 saturated carbocycles. The SMILES string of the molecule is Cc1cccc(CSCC(=O)N2C[C@H]3CNC[C@H]3C2)c1.Cl. The van der Waals surface area contributed by atoms with E-state index >= 15 is 0 Å². The van der Waals surface area contributed by atoms with Crippen LogP contribution in [0.5, 0.6) is 0 Å². The molecule has 1 aromatic carbocycles. The van der Waals surface area contributed by atoms with Gasteiger partial charge in [0, 0.05) is 31.9 Å². The van der Waals surface area contributed by atoms with E-state index in [0.717, 1.165) is 31.9 Å². The van der Waals surface area contributed by atoms with Gasteiger partial charge in [0.15, 0.2) is 0 Å². The number of nitrogens with zero attached hydrogens (tertiary/aromatic N) is 1. The molecule has 2 saturated heterocycles. The second kappa shape index (κ2) is 7.52. The second-order valence-corrected chi connectivity index (χ2v) is 6.94. The molecule has 0 bridgehead atoms. The maximum Gasteiger partial charge on any atom is 0.232 e. The summed E-state index contributed by atoms with van der Waals surface area (Å²) >= 11 is 1.73. The lowest BCUT2D eigenvalue weighted by molar-refractivity contribution is -0.127. The number of fused-ring (bicyclic) bond motifs is 1. The van der Waals surface area contributed by atoms with Crippen molar-refractivity contribution in [2.45, 2.75) is 12.7 Å². The summed E-state index contributed by atoms with van der Waals surface area (Å²) in [6, 6.07) is 8.53. The van der Waals surface area contributed by atoms with Crippen LogP contribution in [0.15, 0.2) is 24.3 Å². The molecule has 1 N–H and O–H groups in total. The van der Waals surface area contributed by atoms with E-state index in [-0.39, 0.29) is 12.4 Å². The van der Waals surface area contributed by atoms with Crippen LogP contribution >= 0.6 is 24.2 Å². The fourth-order valence-corrected chi connectivity index (χ4v) is 4.08. The molecular formula is C16H23ClN2OS. The van der Waals surface area contributed by atoms with Crippen molar-refractivity contribution in [3.63, 3.8) is 0 Å². The topological polar surface area (TPSA) is 32.3 Å². The summed E-state index contributed by atoms with van der Waals surface area (Å²) in [5, 5.41) is 3.41. The van der Waals surface area contributed by atoms with Gasteiger partial charge >= 0.3 is 0 Å². The summed E-state index contributed by atoms with van der Waals surface area (Å²) in [5.74, 6) is 3.25. The number of thioether (sulfide) groups is 1. The van der Waals surface area contributed by atoms with Crippen LogP contribution in [-0.4, -0.2) is 42.7 Å². The molecule has 1 aromatic rings. The van der Waals surface area contributed by atoms with E-state index < -0.39 is 0 Å². The molecule has 0 unspecified atom stereocenters. The van der Waals surface area contributed by atoms with Crippen LogP contribution in [0, 0.1) is 18.8 Å². The van der Waals surface area contributed by atoms with E-state index in [1.165, 1.54) is 11.1 Å². The Hall–Kier alpha value is -0.710. The molecule has 21 heavy (non-hydrogen) atoms. The van der Waals surface area contributed by atoms with Gasteiger partial charge in [0.1, 0.15) is 0 Å². The molecule has 2 fully saturated rings. The summed E-state index contributed by atoms with van der Waals surface area (Å²) in [7, 11) is 0. The molecule has 2 atom stereocenters. The lowest BCUT2D eigenvalue weighted by Crippen LogP contribution is -2.33. The van der Waals surface area contributed by atoms with Crippen molar-refractivity contribution in [1.82, 2.24) is 10.2 Å². The van der Waals surface area contributed by atoms with Gasteiger partial charge in [-0.15, -0.1) is 24.2 Å².